The van der Waals surface area contributed by atoms with Crippen LogP contribution in [0.3, 0.4) is 0 Å². The first-order chi connectivity index (χ1) is 8.63. The Morgan fingerprint density at radius 3 is 2.33 bits per heavy atom. The van der Waals surface area contributed by atoms with E-state index in [9.17, 15) is 4.39 Å². The predicted molar refractivity (Wildman–Crippen MR) is 76.1 cm³/mol. The average Bonchev–Trinajstić information content (AvgIpc) is 2.30. The number of halogens is 3. The molecule has 0 amide bonds. The fraction of sp³-hybridized carbons (Fsp3) is 0.143. The monoisotopic (exact) mass is 327 g/mol. The van der Waals surface area contributed by atoms with Crippen LogP contribution in [-0.2, 0) is 13.1 Å². The van der Waals surface area contributed by atoms with Gasteiger partial charge in [0.2, 0.25) is 0 Å². The van der Waals surface area contributed by atoms with E-state index in [-0.39, 0.29) is 5.82 Å². The maximum atomic E-state index is 13.1. The van der Waals surface area contributed by atoms with Crippen LogP contribution in [0.5, 0.6) is 0 Å². The summed E-state index contributed by atoms with van der Waals surface area (Å²) < 4.78 is 14.2. The first-order valence-corrected chi connectivity index (χ1v) is 6.71. The van der Waals surface area contributed by atoms with Crippen LogP contribution in [0.15, 0.2) is 46.9 Å². The fourth-order valence-corrected chi connectivity index (χ4v) is 2.18. The molecule has 1 N–H and O–H groups in total. The predicted octanol–water partition coefficient (Wildman–Crippen LogP) is 4.53. The van der Waals surface area contributed by atoms with E-state index in [0.717, 1.165) is 16.6 Å². The van der Waals surface area contributed by atoms with E-state index in [4.69, 9.17) is 11.6 Å². The van der Waals surface area contributed by atoms with Gasteiger partial charge in [-0.1, -0.05) is 39.7 Å². The van der Waals surface area contributed by atoms with Crippen molar-refractivity contribution in [3.63, 3.8) is 0 Å². The summed E-state index contributed by atoms with van der Waals surface area (Å²) in [6.45, 7) is 1.33. The molecule has 0 radical (unpaired) electrons. The van der Waals surface area contributed by atoms with Crippen LogP contribution in [0.2, 0.25) is 5.02 Å². The van der Waals surface area contributed by atoms with Crippen molar-refractivity contribution in [2.45, 2.75) is 13.1 Å². The highest BCUT2D eigenvalue weighted by molar-refractivity contribution is 9.10. The topological polar surface area (TPSA) is 12.0 Å². The van der Waals surface area contributed by atoms with Gasteiger partial charge in [0.25, 0.3) is 0 Å². The van der Waals surface area contributed by atoms with Crippen molar-refractivity contribution in [2.24, 2.45) is 0 Å². The molecular formula is C14H12BrClFN. The minimum Gasteiger partial charge on any atom is -0.309 e. The van der Waals surface area contributed by atoms with Crippen LogP contribution in [-0.4, -0.2) is 0 Å². The Kier molecular flexibility index (Phi) is 4.75. The van der Waals surface area contributed by atoms with Crippen LogP contribution in [0.1, 0.15) is 11.1 Å². The fourth-order valence-electron chi connectivity index (χ4n) is 1.67. The van der Waals surface area contributed by atoms with Crippen molar-refractivity contribution in [1.82, 2.24) is 5.32 Å². The molecule has 1 nitrogen and oxygen atoms in total. The second-order valence-electron chi connectivity index (χ2n) is 4.01. The lowest BCUT2D eigenvalue weighted by atomic mass is 10.2. The number of hydrogen-bond donors (Lipinski definition) is 1. The van der Waals surface area contributed by atoms with Crippen LogP contribution in [0.25, 0.3) is 0 Å². The summed E-state index contributed by atoms with van der Waals surface area (Å²) in [7, 11) is 0. The van der Waals surface area contributed by atoms with E-state index in [1.54, 1.807) is 6.07 Å². The van der Waals surface area contributed by atoms with Gasteiger partial charge < -0.3 is 5.32 Å². The Balaban J connectivity index is 1.90. The lowest BCUT2D eigenvalue weighted by molar-refractivity contribution is 0.620. The Labute approximate surface area is 119 Å². The molecule has 0 saturated carbocycles. The Morgan fingerprint density at radius 2 is 1.67 bits per heavy atom. The Morgan fingerprint density at radius 1 is 1.00 bits per heavy atom. The lowest BCUT2D eigenvalue weighted by Crippen LogP contribution is -2.12. The molecule has 0 atom stereocenters. The second-order valence-corrected chi connectivity index (χ2v) is 5.36. The van der Waals surface area contributed by atoms with Gasteiger partial charge in [0.15, 0.2) is 0 Å². The molecule has 2 rings (SSSR count). The van der Waals surface area contributed by atoms with Gasteiger partial charge in [0.1, 0.15) is 5.82 Å². The van der Waals surface area contributed by atoms with Crippen LogP contribution in [0.4, 0.5) is 4.39 Å². The van der Waals surface area contributed by atoms with E-state index in [1.165, 1.54) is 17.7 Å². The minimum atomic E-state index is -0.303. The quantitative estimate of drug-likeness (QED) is 0.869. The summed E-state index contributed by atoms with van der Waals surface area (Å²) in [4.78, 5) is 0. The van der Waals surface area contributed by atoms with Gasteiger partial charge in [-0.15, -0.1) is 0 Å². The highest BCUT2D eigenvalue weighted by Gasteiger charge is 1.99. The molecule has 0 heterocycles. The lowest BCUT2D eigenvalue weighted by Gasteiger charge is -2.06. The van der Waals surface area contributed by atoms with Crippen LogP contribution >= 0.6 is 27.5 Å². The summed E-state index contributed by atoms with van der Waals surface area (Å²) in [5, 5.41) is 3.68. The van der Waals surface area contributed by atoms with Crippen molar-refractivity contribution in [3.8, 4) is 0 Å². The standard InChI is InChI=1S/C14H12BrClFN/c15-12-3-1-10(2-4-12)8-18-9-11-5-13(16)7-14(17)6-11/h1-7,18H,8-9H2. The zero-order valence-corrected chi connectivity index (χ0v) is 11.9. The highest BCUT2D eigenvalue weighted by atomic mass is 79.9. The number of rotatable bonds is 4. The number of nitrogens with one attached hydrogen (secondary N) is 1. The van der Waals surface area contributed by atoms with Gasteiger partial charge in [0.05, 0.1) is 0 Å². The molecule has 0 unspecified atom stereocenters. The van der Waals surface area contributed by atoms with Gasteiger partial charge >= 0.3 is 0 Å². The second kappa shape index (κ2) is 6.32. The molecule has 0 spiro atoms. The zero-order chi connectivity index (χ0) is 13.0. The van der Waals surface area contributed by atoms with Gasteiger partial charge in [-0.05, 0) is 41.5 Å². The van der Waals surface area contributed by atoms with Crippen LogP contribution < -0.4 is 5.32 Å². The molecule has 4 heteroatoms. The third kappa shape index (κ3) is 4.09. The zero-order valence-electron chi connectivity index (χ0n) is 9.59. The largest absolute Gasteiger partial charge is 0.309 e. The molecule has 0 bridgehead atoms. The first kappa shape index (κ1) is 13.5. The van der Waals surface area contributed by atoms with Gasteiger partial charge in [0, 0.05) is 22.6 Å². The van der Waals surface area contributed by atoms with Crippen molar-refractivity contribution >= 4 is 27.5 Å². The van der Waals surface area contributed by atoms with Crippen molar-refractivity contribution in [3.05, 3.63) is 68.9 Å². The van der Waals surface area contributed by atoms with Gasteiger partial charge in [-0.2, -0.15) is 0 Å². The molecule has 18 heavy (non-hydrogen) atoms. The Hall–Kier alpha value is -0.900. The molecule has 2 aromatic rings. The summed E-state index contributed by atoms with van der Waals surface area (Å²) in [5.41, 5.74) is 2.03. The number of benzene rings is 2. The third-order valence-electron chi connectivity index (χ3n) is 2.49. The van der Waals surface area contributed by atoms with Crippen molar-refractivity contribution < 1.29 is 4.39 Å². The van der Waals surface area contributed by atoms with Gasteiger partial charge in [-0.25, -0.2) is 4.39 Å². The molecule has 0 aliphatic rings. The van der Waals surface area contributed by atoms with E-state index in [2.05, 4.69) is 21.2 Å². The molecule has 0 aromatic heterocycles. The maximum Gasteiger partial charge on any atom is 0.125 e. The highest BCUT2D eigenvalue weighted by Crippen LogP contribution is 2.14. The summed E-state index contributed by atoms with van der Waals surface area (Å²) >= 11 is 9.18. The maximum absolute atomic E-state index is 13.1. The molecule has 94 valence electrons. The summed E-state index contributed by atoms with van der Waals surface area (Å²) in [6, 6.07) is 12.6. The van der Waals surface area contributed by atoms with E-state index in [0.29, 0.717) is 11.6 Å². The van der Waals surface area contributed by atoms with Gasteiger partial charge in [-0.3, -0.25) is 0 Å². The molecular weight excluding hydrogens is 317 g/mol. The normalized spacial score (nSPS) is 10.6. The SMILES string of the molecule is Fc1cc(Cl)cc(CNCc2ccc(Br)cc2)c1. The van der Waals surface area contributed by atoms with Crippen LogP contribution in [0, 0.1) is 5.82 Å². The number of hydrogen-bond acceptors (Lipinski definition) is 1. The van der Waals surface area contributed by atoms with E-state index in [1.807, 2.05) is 24.3 Å². The smallest absolute Gasteiger partial charge is 0.125 e. The summed E-state index contributed by atoms with van der Waals surface area (Å²) in [6.07, 6.45) is 0. The molecule has 0 aliphatic carbocycles. The summed E-state index contributed by atoms with van der Waals surface area (Å²) in [5.74, 6) is -0.303. The van der Waals surface area contributed by atoms with E-state index >= 15 is 0 Å². The Bertz CT molecular complexity index is 508. The molecule has 0 saturated heterocycles. The average molecular weight is 329 g/mol. The third-order valence-corrected chi connectivity index (χ3v) is 3.24. The first-order valence-electron chi connectivity index (χ1n) is 5.53. The minimum absolute atomic E-state index is 0.303. The molecule has 2 aromatic carbocycles. The van der Waals surface area contributed by atoms with Crippen molar-refractivity contribution in [1.29, 1.82) is 0 Å². The molecule has 0 aliphatic heterocycles. The molecule has 0 fully saturated rings. The van der Waals surface area contributed by atoms with E-state index < -0.39 is 0 Å². The van der Waals surface area contributed by atoms with Crippen molar-refractivity contribution in [2.75, 3.05) is 0 Å².